The van der Waals surface area contributed by atoms with Crippen LogP contribution in [0.3, 0.4) is 0 Å². The molecule has 0 aliphatic carbocycles. The largest absolute Gasteiger partial charge is 0.465 e. The molecule has 0 amide bonds. The second kappa shape index (κ2) is 5.38. The van der Waals surface area contributed by atoms with Gasteiger partial charge in [-0.05, 0) is 19.1 Å². The molecule has 0 aromatic heterocycles. The van der Waals surface area contributed by atoms with Gasteiger partial charge in [-0.1, -0.05) is 0 Å². The molecule has 6 heteroatoms. The Hall–Kier alpha value is -1.98. The molecule has 1 aromatic carbocycles. The highest BCUT2D eigenvalue weighted by molar-refractivity contribution is 5.95. The number of hydrogen-bond acceptors (Lipinski definition) is 4. The average molecular weight is 244 g/mol. The van der Waals surface area contributed by atoms with E-state index in [4.69, 9.17) is 0 Å². The molecule has 0 bridgehead atoms. The van der Waals surface area contributed by atoms with Crippen LogP contribution in [0.5, 0.6) is 0 Å². The molecule has 0 fully saturated rings. The molecule has 0 saturated heterocycles. The average Bonchev–Trinajstić information content (AvgIpc) is 2.31. The fraction of sp³-hybridized carbons (Fsp3) is 0.273. The first kappa shape index (κ1) is 13.1. The molecule has 0 saturated carbocycles. The lowest BCUT2D eigenvalue weighted by atomic mass is 10.1. The van der Waals surface area contributed by atoms with Gasteiger partial charge in [-0.15, -0.1) is 0 Å². The minimum Gasteiger partial charge on any atom is -0.465 e. The van der Waals surface area contributed by atoms with Gasteiger partial charge in [0.05, 0.1) is 24.8 Å². The smallest absolute Gasteiger partial charge is 0.341 e. The Morgan fingerprint density at radius 2 is 1.88 bits per heavy atom. The third-order valence-electron chi connectivity index (χ3n) is 1.94. The summed E-state index contributed by atoms with van der Waals surface area (Å²) in [5.41, 5.74) is -0.887. The summed E-state index contributed by atoms with van der Waals surface area (Å²) >= 11 is 0. The molecule has 0 aliphatic rings. The maximum absolute atomic E-state index is 13.3. The standard InChI is InChI=1S/C11H10F2O4/c1-3-17-11(15)7-4-6(10(14)16-2)5-8(12)9(7)13/h4-5H,3H2,1-2H3. The second-order valence-corrected chi connectivity index (χ2v) is 3.03. The predicted octanol–water partition coefficient (Wildman–Crippen LogP) is 1.93. The molecule has 17 heavy (non-hydrogen) atoms. The third kappa shape index (κ3) is 2.77. The van der Waals surface area contributed by atoms with Crippen molar-refractivity contribution in [2.45, 2.75) is 6.92 Å². The lowest BCUT2D eigenvalue weighted by Crippen LogP contribution is -2.12. The summed E-state index contributed by atoms with van der Waals surface area (Å²) in [5, 5.41) is 0. The van der Waals surface area contributed by atoms with Crippen molar-refractivity contribution >= 4 is 11.9 Å². The van der Waals surface area contributed by atoms with Crippen LogP contribution in [0.2, 0.25) is 0 Å². The molecular weight excluding hydrogens is 234 g/mol. The quantitative estimate of drug-likeness (QED) is 0.762. The molecule has 0 atom stereocenters. The number of ether oxygens (including phenoxy) is 2. The summed E-state index contributed by atoms with van der Waals surface area (Å²) in [6, 6.07) is 1.55. The molecule has 0 spiro atoms. The predicted molar refractivity (Wildman–Crippen MR) is 53.7 cm³/mol. The van der Waals surface area contributed by atoms with Crippen LogP contribution in [0.15, 0.2) is 12.1 Å². The van der Waals surface area contributed by atoms with E-state index in [1.165, 1.54) is 6.92 Å². The van der Waals surface area contributed by atoms with Crippen LogP contribution < -0.4 is 0 Å². The Morgan fingerprint density at radius 1 is 1.24 bits per heavy atom. The van der Waals surface area contributed by atoms with Gasteiger partial charge in [-0.25, -0.2) is 18.4 Å². The summed E-state index contributed by atoms with van der Waals surface area (Å²) in [6.45, 7) is 1.54. The topological polar surface area (TPSA) is 52.6 Å². The maximum atomic E-state index is 13.3. The van der Waals surface area contributed by atoms with Crippen molar-refractivity contribution in [2.75, 3.05) is 13.7 Å². The van der Waals surface area contributed by atoms with E-state index < -0.39 is 29.1 Å². The van der Waals surface area contributed by atoms with Crippen molar-refractivity contribution in [3.8, 4) is 0 Å². The molecule has 1 aromatic rings. The van der Waals surface area contributed by atoms with Crippen LogP contribution >= 0.6 is 0 Å². The number of methoxy groups -OCH3 is 1. The van der Waals surface area contributed by atoms with Crippen molar-refractivity contribution in [1.82, 2.24) is 0 Å². The molecular formula is C11H10F2O4. The van der Waals surface area contributed by atoms with Crippen molar-refractivity contribution in [1.29, 1.82) is 0 Å². The van der Waals surface area contributed by atoms with Crippen LogP contribution in [-0.4, -0.2) is 25.7 Å². The Kier molecular flexibility index (Phi) is 4.14. The number of hydrogen-bond donors (Lipinski definition) is 0. The zero-order valence-electron chi connectivity index (χ0n) is 9.25. The van der Waals surface area contributed by atoms with Gasteiger partial charge in [-0.2, -0.15) is 0 Å². The van der Waals surface area contributed by atoms with Gasteiger partial charge in [-0.3, -0.25) is 0 Å². The molecule has 0 radical (unpaired) electrons. The van der Waals surface area contributed by atoms with E-state index in [-0.39, 0.29) is 12.2 Å². The Labute approximate surface area is 96.1 Å². The van der Waals surface area contributed by atoms with E-state index in [2.05, 4.69) is 9.47 Å². The Bertz CT molecular complexity index is 457. The van der Waals surface area contributed by atoms with Gasteiger partial charge < -0.3 is 9.47 Å². The van der Waals surface area contributed by atoms with Crippen LogP contribution in [0.4, 0.5) is 8.78 Å². The first-order valence-electron chi connectivity index (χ1n) is 4.75. The number of halogens is 2. The van der Waals surface area contributed by atoms with Crippen LogP contribution in [0, 0.1) is 11.6 Å². The van der Waals surface area contributed by atoms with Crippen LogP contribution in [-0.2, 0) is 9.47 Å². The van der Waals surface area contributed by atoms with Gasteiger partial charge in [0, 0.05) is 0 Å². The summed E-state index contributed by atoms with van der Waals surface area (Å²) in [7, 11) is 1.09. The van der Waals surface area contributed by atoms with Crippen molar-refractivity contribution in [3.63, 3.8) is 0 Å². The Morgan fingerprint density at radius 3 is 2.41 bits per heavy atom. The van der Waals surface area contributed by atoms with Gasteiger partial charge in [0.25, 0.3) is 0 Å². The van der Waals surface area contributed by atoms with E-state index >= 15 is 0 Å². The monoisotopic (exact) mass is 244 g/mol. The van der Waals surface area contributed by atoms with Gasteiger partial charge >= 0.3 is 11.9 Å². The molecule has 0 aliphatic heterocycles. The Balaban J connectivity index is 3.24. The van der Waals surface area contributed by atoms with Crippen molar-refractivity contribution in [2.24, 2.45) is 0 Å². The van der Waals surface area contributed by atoms with Crippen LogP contribution in [0.1, 0.15) is 27.6 Å². The van der Waals surface area contributed by atoms with Gasteiger partial charge in [0.2, 0.25) is 0 Å². The molecule has 0 N–H and O–H groups in total. The lowest BCUT2D eigenvalue weighted by molar-refractivity contribution is 0.0519. The second-order valence-electron chi connectivity index (χ2n) is 3.03. The molecule has 4 nitrogen and oxygen atoms in total. The maximum Gasteiger partial charge on any atom is 0.341 e. The summed E-state index contributed by atoms with van der Waals surface area (Å²) in [6.07, 6.45) is 0. The molecule has 92 valence electrons. The number of carbonyl (C=O) groups is 2. The normalized spacial score (nSPS) is 9.88. The highest BCUT2D eigenvalue weighted by Crippen LogP contribution is 2.17. The molecule has 1 rings (SSSR count). The lowest BCUT2D eigenvalue weighted by Gasteiger charge is -2.06. The van der Waals surface area contributed by atoms with E-state index in [9.17, 15) is 18.4 Å². The minimum absolute atomic E-state index is 0.0162. The summed E-state index contributed by atoms with van der Waals surface area (Å²) in [4.78, 5) is 22.4. The van der Waals surface area contributed by atoms with E-state index in [1.807, 2.05) is 0 Å². The fourth-order valence-electron chi connectivity index (χ4n) is 1.18. The number of carbonyl (C=O) groups excluding carboxylic acids is 2. The highest BCUT2D eigenvalue weighted by atomic mass is 19.2. The van der Waals surface area contributed by atoms with E-state index in [0.717, 1.165) is 13.2 Å². The fourth-order valence-corrected chi connectivity index (χ4v) is 1.18. The SMILES string of the molecule is CCOC(=O)c1cc(C(=O)OC)cc(F)c1F. The first-order chi connectivity index (χ1) is 8.01. The van der Waals surface area contributed by atoms with Gasteiger partial charge in [0.15, 0.2) is 11.6 Å². The zero-order chi connectivity index (χ0) is 13.0. The summed E-state index contributed by atoms with van der Waals surface area (Å²) < 4.78 is 35.3. The minimum atomic E-state index is -1.35. The third-order valence-corrected chi connectivity index (χ3v) is 1.94. The first-order valence-corrected chi connectivity index (χ1v) is 4.75. The van der Waals surface area contributed by atoms with Crippen molar-refractivity contribution in [3.05, 3.63) is 34.9 Å². The van der Waals surface area contributed by atoms with E-state index in [0.29, 0.717) is 6.07 Å². The number of benzene rings is 1. The summed E-state index contributed by atoms with van der Waals surface area (Å²) in [5.74, 6) is -4.56. The van der Waals surface area contributed by atoms with Gasteiger partial charge in [0.1, 0.15) is 0 Å². The molecule has 0 heterocycles. The van der Waals surface area contributed by atoms with E-state index in [1.54, 1.807) is 0 Å². The number of esters is 2. The number of rotatable bonds is 3. The highest BCUT2D eigenvalue weighted by Gasteiger charge is 2.20. The van der Waals surface area contributed by atoms with Crippen molar-refractivity contribution < 1.29 is 27.8 Å². The zero-order valence-corrected chi connectivity index (χ0v) is 9.25. The molecule has 0 unspecified atom stereocenters. The van der Waals surface area contributed by atoms with Crippen LogP contribution in [0.25, 0.3) is 0 Å².